The summed E-state index contributed by atoms with van der Waals surface area (Å²) in [6.07, 6.45) is 45.5. The summed E-state index contributed by atoms with van der Waals surface area (Å²) in [5.74, 6) is 0.560. The Morgan fingerprint density at radius 3 is 0.902 bits per heavy atom. The molecule has 0 rings (SSSR count). The minimum Gasteiger partial charge on any atom is -0.513 e. The van der Waals surface area contributed by atoms with Gasteiger partial charge in [-0.1, -0.05) is 173 Å². The highest BCUT2D eigenvalue weighted by molar-refractivity contribution is 4.86. The van der Waals surface area contributed by atoms with Crippen molar-refractivity contribution in [1.29, 1.82) is 0 Å². The van der Waals surface area contributed by atoms with Crippen molar-refractivity contribution in [2.75, 3.05) is 19.7 Å². The van der Waals surface area contributed by atoms with Gasteiger partial charge >= 0.3 is 0 Å². The Morgan fingerprint density at radius 2 is 0.634 bits per heavy atom. The topological polar surface area (TPSA) is 52.5 Å². The van der Waals surface area contributed by atoms with Crippen LogP contribution in [0.2, 0.25) is 0 Å². The summed E-state index contributed by atoms with van der Waals surface area (Å²) in [4.78, 5) is 0. The van der Waals surface area contributed by atoms with Crippen LogP contribution in [0.15, 0.2) is 11.8 Å². The molecule has 0 amide bonds. The van der Waals surface area contributed by atoms with E-state index in [1.54, 1.807) is 0 Å². The van der Waals surface area contributed by atoms with Gasteiger partial charge < -0.3 is 15.5 Å². The van der Waals surface area contributed by atoms with Crippen molar-refractivity contribution < 1.29 is 10.2 Å². The molecule has 3 N–H and O–H groups in total. The molecule has 0 aliphatic rings. The van der Waals surface area contributed by atoms with Crippen LogP contribution < -0.4 is 5.32 Å². The molecule has 0 aromatic heterocycles. The summed E-state index contributed by atoms with van der Waals surface area (Å²) in [7, 11) is 0. The lowest BCUT2D eigenvalue weighted by atomic mass is 10.0. The standard InChI is InChI=1S/C38H77NO2/c1-2-38(41)34-30-26-22-18-14-10-6-5-8-12-16-20-24-28-32-36-39-35-31-27-23-19-15-11-7-3-4-9-13-17-21-25-29-33-37-40/h2,39-41H,3-37H2,1H3. The van der Waals surface area contributed by atoms with Crippen molar-refractivity contribution in [3.63, 3.8) is 0 Å². The van der Waals surface area contributed by atoms with Crippen molar-refractivity contribution in [2.24, 2.45) is 0 Å². The maximum Gasteiger partial charge on any atom is 0.0880 e. The van der Waals surface area contributed by atoms with Gasteiger partial charge in [-0.2, -0.15) is 0 Å². The second-order valence-electron chi connectivity index (χ2n) is 13.0. The average Bonchev–Trinajstić information content (AvgIpc) is 2.99. The van der Waals surface area contributed by atoms with Gasteiger partial charge in [0.05, 0.1) is 5.76 Å². The highest BCUT2D eigenvalue weighted by atomic mass is 16.3. The molecule has 3 nitrogen and oxygen atoms in total. The highest BCUT2D eigenvalue weighted by Gasteiger charge is 1.97. The molecule has 0 aromatic rings. The van der Waals surface area contributed by atoms with E-state index in [9.17, 15) is 5.11 Å². The zero-order valence-electron chi connectivity index (χ0n) is 28.2. The molecule has 41 heavy (non-hydrogen) atoms. The Labute approximate surface area is 259 Å². The van der Waals surface area contributed by atoms with Gasteiger partial charge in [-0.15, -0.1) is 0 Å². The fourth-order valence-corrected chi connectivity index (χ4v) is 5.96. The van der Waals surface area contributed by atoms with E-state index in [0.29, 0.717) is 12.4 Å². The van der Waals surface area contributed by atoms with Crippen molar-refractivity contribution in [3.05, 3.63) is 11.8 Å². The van der Waals surface area contributed by atoms with Crippen LogP contribution in [0.5, 0.6) is 0 Å². The molecule has 0 heterocycles. The van der Waals surface area contributed by atoms with Crippen molar-refractivity contribution in [3.8, 4) is 0 Å². The summed E-state index contributed by atoms with van der Waals surface area (Å²) in [6, 6.07) is 0. The number of nitrogens with one attached hydrogen (secondary N) is 1. The molecule has 246 valence electrons. The van der Waals surface area contributed by atoms with Gasteiger partial charge in [-0.25, -0.2) is 0 Å². The Morgan fingerprint density at radius 1 is 0.390 bits per heavy atom. The van der Waals surface area contributed by atoms with E-state index in [2.05, 4.69) is 5.32 Å². The van der Waals surface area contributed by atoms with Crippen molar-refractivity contribution in [2.45, 2.75) is 212 Å². The molecule has 0 spiro atoms. The molecule has 0 saturated carbocycles. The molecule has 0 aliphatic heterocycles. The third-order valence-corrected chi connectivity index (χ3v) is 8.88. The first-order valence-corrected chi connectivity index (χ1v) is 19.0. The number of rotatable bonds is 36. The predicted molar refractivity (Wildman–Crippen MR) is 184 cm³/mol. The van der Waals surface area contributed by atoms with E-state index >= 15 is 0 Å². The molecule has 0 aliphatic carbocycles. The third-order valence-electron chi connectivity index (χ3n) is 8.88. The minimum absolute atomic E-state index is 0.368. The average molecular weight is 580 g/mol. The number of aliphatic hydroxyl groups excluding tert-OH is 2. The second kappa shape index (κ2) is 37.5. The van der Waals surface area contributed by atoms with Gasteiger partial charge in [-0.3, -0.25) is 0 Å². The normalized spacial score (nSPS) is 12.0. The minimum atomic E-state index is 0.368. The van der Waals surface area contributed by atoms with Gasteiger partial charge in [0, 0.05) is 13.0 Å². The maximum absolute atomic E-state index is 9.44. The van der Waals surface area contributed by atoms with E-state index < -0.39 is 0 Å². The third kappa shape index (κ3) is 37.4. The van der Waals surface area contributed by atoms with E-state index in [1.165, 1.54) is 199 Å². The van der Waals surface area contributed by atoms with Crippen molar-refractivity contribution >= 4 is 0 Å². The molecule has 0 unspecified atom stereocenters. The number of allylic oxidation sites excluding steroid dienone is 2. The molecule has 0 radical (unpaired) electrons. The molecule has 0 atom stereocenters. The number of hydrogen-bond donors (Lipinski definition) is 3. The zero-order valence-corrected chi connectivity index (χ0v) is 28.2. The second-order valence-corrected chi connectivity index (χ2v) is 13.0. The number of unbranched alkanes of at least 4 members (excludes halogenated alkanes) is 29. The van der Waals surface area contributed by atoms with Crippen LogP contribution in [0, 0.1) is 0 Å². The van der Waals surface area contributed by atoms with E-state index in [4.69, 9.17) is 5.11 Å². The Bertz CT molecular complexity index is 493. The highest BCUT2D eigenvalue weighted by Crippen LogP contribution is 2.15. The molecular formula is C38H77NO2. The van der Waals surface area contributed by atoms with Crippen LogP contribution >= 0.6 is 0 Å². The van der Waals surface area contributed by atoms with Crippen LogP contribution in [0.1, 0.15) is 212 Å². The van der Waals surface area contributed by atoms with Gasteiger partial charge in [-0.05, 0) is 51.8 Å². The number of aliphatic hydroxyl groups is 2. The summed E-state index contributed by atoms with van der Waals surface area (Å²) in [6.45, 7) is 4.73. The molecule has 3 heteroatoms. The number of hydrogen-bond acceptors (Lipinski definition) is 3. The molecule has 0 aromatic carbocycles. The van der Waals surface area contributed by atoms with E-state index in [-0.39, 0.29) is 0 Å². The first-order chi connectivity index (χ1) is 20.3. The molecule has 0 fully saturated rings. The van der Waals surface area contributed by atoms with Crippen LogP contribution in [-0.4, -0.2) is 29.9 Å². The SMILES string of the molecule is CC=C(O)CCCCCCCCCCCCCCCCCNCCCCCCCCCCCCCCCCCCO. The summed E-state index contributed by atoms with van der Waals surface area (Å²) < 4.78 is 0. The first-order valence-electron chi connectivity index (χ1n) is 19.0. The van der Waals surface area contributed by atoms with Gasteiger partial charge in [0.2, 0.25) is 0 Å². The smallest absolute Gasteiger partial charge is 0.0880 e. The van der Waals surface area contributed by atoms with Crippen LogP contribution in [0.4, 0.5) is 0 Å². The summed E-state index contributed by atoms with van der Waals surface area (Å²) in [5, 5.41) is 21.9. The largest absolute Gasteiger partial charge is 0.513 e. The molecule has 0 saturated heterocycles. The first kappa shape index (κ1) is 40.5. The summed E-state index contributed by atoms with van der Waals surface area (Å²) in [5.41, 5.74) is 0. The maximum atomic E-state index is 9.44. The summed E-state index contributed by atoms with van der Waals surface area (Å²) >= 11 is 0. The van der Waals surface area contributed by atoms with E-state index in [1.807, 2.05) is 13.0 Å². The Kier molecular flexibility index (Phi) is 37.0. The van der Waals surface area contributed by atoms with Crippen LogP contribution in [-0.2, 0) is 0 Å². The van der Waals surface area contributed by atoms with Gasteiger partial charge in [0.15, 0.2) is 0 Å². The van der Waals surface area contributed by atoms with Crippen LogP contribution in [0.25, 0.3) is 0 Å². The van der Waals surface area contributed by atoms with Crippen LogP contribution in [0.3, 0.4) is 0 Å². The van der Waals surface area contributed by atoms with Gasteiger partial charge in [0.1, 0.15) is 0 Å². The zero-order chi connectivity index (χ0) is 29.7. The molecule has 0 bridgehead atoms. The fourth-order valence-electron chi connectivity index (χ4n) is 5.96. The lowest BCUT2D eigenvalue weighted by molar-refractivity contribution is 0.282. The predicted octanol–water partition coefficient (Wildman–Crippen LogP) is 12.5. The fraction of sp³-hybridized carbons (Fsp3) is 0.947. The monoisotopic (exact) mass is 580 g/mol. The Hall–Kier alpha value is -0.540. The lowest BCUT2D eigenvalue weighted by Crippen LogP contribution is -2.16. The lowest BCUT2D eigenvalue weighted by Gasteiger charge is -2.06. The van der Waals surface area contributed by atoms with E-state index in [0.717, 1.165) is 19.3 Å². The van der Waals surface area contributed by atoms with Gasteiger partial charge in [0.25, 0.3) is 0 Å². The Balaban J connectivity index is 3.04. The molecular weight excluding hydrogens is 502 g/mol. The van der Waals surface area contributed by atoms with Crippen molar-refractivity contribution in [1.82, 2.24) is 5.32 Å². The quantitative estimate of drug-likeness (QED) is 0.0511.